The molecule has 2 aromatic carbocycles. The van der Waals surface area contributed by atoms with Gasteiger partial charge in [0.2, 0.25) is 11.6 Å². The van der Waals surface area contributed by atoms with Gasteiger partial charge < -0.3 is 9.15 Å². The Labute approximate surface area is 169 Å². The number of hydrogen-bond acceptors (Lipinski definition) is 3. The maximum Gasteiger partial charge on any atom is 0.226 e. The first-order valence-electron chi connectivity index (χ1n) is 9.46. The Bertz CT molecular complexity index is 1030. The van der Waals surface area contributed by atoms with E-state index in [-0.39, 0.29) is 6.10 Å². The van der Waals surface area contributed by atoms with E-state index in [0.29, 0.717) is 34.7 Å². The third kappa shape index (κ3) is 3.76. The van der Waals surface area contributed by atoms with Crippen molar-refractivity contribution in [1.82, 2.24) is 4.98 Å². The molecule has 1 aromatic heterocycles. The van der Waals surface area contributed by atoms with Crippen molar-refractivity contribution in [3.63, 3.8) is 0 Å². The zero-order valence-electron chi connectivity index (χ0n) is 15.9. The van der Waals surface area contributed by atoms with E-state index in [4.69, 9.17) is 32.3 Å². The minimum absolute atomic E-state index is 0.0172. The van der Waals surface area contributed by atoms with Gasteiger partial charge >= 0.3 is 0 Å². The lowest BCUT2D eigenvalue weighted by molar-refractivity contribution is 0.179. The number of halogens is 1. The molecule has 1 aliphatic rings. The van der Waals surface area contributed by atoms with Gasteiger partial charge in [-0.1, -0.05) is 43.6 Å². The number of benzene rings is 2. The van der Waals surface area contributed by atoms with Crippen molar-refractivity contribution >= 4 is 17.3 Å². The van der Waals surface area contributed by atoms with Gasteiger partial charge in [-0.3, -0.25) is 0 Å². The molecule has 1 heterocycles. The van der Waals surface area contributed by atoms with Gasteiger partial charge in [0.1, 0.15) is 17.6 Å². The van der Waals surface area contributed by atoms with E-state index >= 15 is 0 Å². The summed E-state index contributed by atoms with van der Waals surface area (Å²) < 4.78 is 12.1. The highest BCUT2D eigenvalue weighted by Crippen LogP contribution is 2.33. The predicted octanol–water partition coefficient (Wildman–Crippen LogP) is 6.61. The molecule has 4 rings (SSSR count). The van der Waals surface area contributed by atoms with E-state index in [0.717, 1.165) is 29.9 Å². The third-order valence-electron chi connectivity index (χ3n) is 5.06. The summed E-state index contributed by atoms with van der Waals surface area (Å²) in [5.74, 6) is 2.80. The van der Waals surface area contributed by atoms with Crippen LogP contribution in [0, 0.1) is 6.57 Å². The number of aryl methyl sites for hydroxylation is 1. The molecular weight excluding hydrogens is 372 g/mol. The minimum atomic E-state index is 0.0172. The topological polar surface area (TPSA) is 39.6 Å². The molecule has 1 aliphatic carbocycles. The molecule has 0 radical (unpaired) electrons. The molecule has 0 fully saturated rings. The molecule has 0 amide bonds. The summed E-state index contributed by atoms with van der Waals surface area (Å²) in [7, 11) is 0. The second-order valence-corrected chi connectivity index (χ2v) is 7.78. The van der Waals surface area contributed by atoms with E-state index in [2.05, 4.69) is 43.0 Å². The van der Waals surface area contributed by atoms with Gasteiger partial charge in [-0.05, 0) is 42.2 Å². The van der Waals surface area contributed by atoms with Crippen LogP contribution in [-0.4, -0.2) is 11.1 Å². The van der Waals surface area contributed by atoms with Crippen LogP contribution >= 0.6 is 11.6 Å². The Morgan fingerprint density at radius 1 is 1.21 bits per heavy atom. The molecule has 0 bridgehead atoms. The molecule has 0 N–H and O–H groups in total. The van der Waals surface area contributed by atoms with Crippen molar-refractivity contribution in [2.24, 2.45) is 0 Å². The normalized spacial score (nSPS) is 15.9. The molecule has 28 heavy (non-hydrogen) atoms. The molecule has 0 spiro atoms. The van der Waals surface area contributed by atoms with Gasteiger partial charge in [0.05, 0.1) is 17.3 Å². The van der Waals surface area contributed by atoms with Gasteiger partial charge in [-0.2, -0.15) is 0 Å². The van der Waals surface area contributed by atoms with Crippen LogP contribution in [0.3, 0.4) is 0 Å². The Hall–Kier alpha value is -2.77. The standard InChI is InChI=1S/C23H21ClN2O2/c1-14(2)15-4-6-16(7-5-15)23-26-21-13-18(9-11-22(21)28-23)27-17-8-10-20(25-3)19(24)12-17/h4-8,10,12,14,18H,9,11,13H2,1-2H3/t18-/m1/s1. The van der Waals surface area contributed by atoms with Crippen LogP contribution in [0.1, 0.15) is 43.2 Å². The fourth-order valence-electron chi connectivity index (χ4n) is 3.43. The second-order valence-electron chi connectivity index (χ2n) is 7.37. The van der Waals surface area contributed by atoms with Crippen LogP contribution in [0.2, 0.25) is 5.02 Å². The molecule has 0 unspecified atom stereocenters. The van der Waals surface area contributed by atoms with Gasteiger partial charge in [0, 0.05) is 18.4 Å². The van der Waals surface area contributed by atoms with Crippen LogP contribution in [-0.2, 0) is 12.8 Å². The maximum absolute atomic E-state index is 7.08. The summed E-state index contributed by atoms with van der Waals surface area (Å²) >= 11 is 6.11. The van der Waals surface area contributed by atoms with Gasteiger partial charge in [0.15, 0.2) is 0 Å². The molecule has 1 atom stereocenters. The van der Waals surface area contributed by atoms with Crippen molar-refractivity contribution < 1.29 is 9.15 Å². The first-order chi connectivity index (χ1) is 13.5. The second kappa shape index (κ2) is 7.69. The Balaban J connectivity index is 1.48. The van der Waals surface area contributed by atoms with Crippen molar-refractivity contribution in [2.45, 2.75) is 45.1 Å². The van der Waals surface area contributed by atoms with E-state index in [1.807, 2.05) is 0 Å². The van der Waals surface area contributed by atoms with Crippen molar-refractivity contribution in [3.05, 3.63) is 75.9 Å². The van der Waals surface area contributed by atoms with Gasteiger partial charge in [-0.15, -0.1) is 0 Å². The van der Waals surface area contributed by atoms with Crippen molar-refractivity contribution in [1.29, 1.82) is 0 Å². The number of fused-ring (bicyclic) bond motifs is 1. The average Bonchev–Trinajstić information content (AvgIpc) is 3.11. The van der Waals surface area contributed by atoms with E-state index in [9.17, 15) is 0 Å². The number of rotatable bonds is 4. The monoisotopic (exact) mass is 392 g/mol. The summed E-state index contributed by atoms with van der Waals surface area (Å²) in [6.45, 7) is 11.4. The molecule has 3 aromatic rings. The van der Waals surface area contributed by atoms with Gasteiger partial charge in [0.25, 0.3) is 0 Å². The number of oxazole rings is 1. The highest BCUT2D eigenvalue weighted by atomic mass is 35.5. The van der Waals surface area contributed by atoms with Crippen LogP contribution in [0.25, 0.3) is 16.3 Å². The maximum atomic E-state index is 7.08. The van der Waals surface area contributed by atoms with Crippen molar-refractivity contribution in [2.75, 3.05) is 0 Å². The highest BCUT2D eigenvalue weighted by molar-refractivity contribution is 6.33. The average molecular weight is 393 g/mol. The fourth-order valence-corrected chi connectivity index (χ4v) is 3.64. The Morgan fingerprint density at radius 3 is 2.68 bits per heavy atom. The van der Waals surface area contributed by atoms with Crippen LogP contribution < -0.4 is 4.74 Å². The van der Waals surface area contributed by atoms with Gasteiger partial charge in [-0.25, -0.2) is 9.83 Å². The lowest BCUT2D eigenvalue weighted by atomic mass is 9.99. The minimum Gasteiger partial charge on any atom is -0.490 e. The molecule has 0 saturated heterocycles. The predicted molar refractivity (Wildman–Crippen MR) is 110 cm³/mol. The summed E-state index contributed by atoms with van der Waals surface area (Å²) in [6, 6.07) is 13.6. The zero-order valence-corrected chi connectivity index (χ0v) is 16.7. The number of nitrogens with zero attached hydrogens (tertiary/aromatic N) is 2. The fraction of sp³-hybridized carbons (Fsp3) is 0.304. The molecule has 0 saturated carbocycles. The molecule has 4 nitrogen and oxygen atoms in total. The summed E-state index contributed by atoms with van der Waals surface area (Å²) in [5, 5.41) is 0.414. The van der Waals surface area contributed by atoms with E-state index in [1.165, 1.54) is 5.56 Å². The summed E-state index contributed by atoms with van der Waals surface area (Å²) in [4.78, 5) is 8.09. The van der Waals surface area contributed by atoms with Crippen molar-refractivity contribution in [3.8, 4) is 17.2 Å². The SMILES string of the molecule is [C-]#[N+]c1ccc(O[C@@H]2CCc3oc(-c4ccc(C(C)C)cc4)nc3C2)cc1Cl. The van der Waals surface area contributed by atoms with Crippen LogP contribution in [0.4, 0.5) is 5.69 Å². The molecule has 5 heteroatoms. The molecule has 142 valence electrons. The molecule has 0 aliphatic heterocycles. The van der Waals surface area contributed by atoms with Crippen LogP contribution in [0.15, 0.2) is 46.9 Å². The third-order valence-corrected chi connectivity index (χ3v) is 5.36. The zero-order chi connectivity index (χ0) is 19.7. The summed E-state index contributed by atoms with van der Waals surface area (Å²) in [5.41, 5.74) is 3.70. The van der Waals surface area contributed by atoms with E-state index < -0.39 is 0 Å². The lowest BCUT2D eigenvalue weighted by Gasteiger charge is -2.22. The largest absolute Gasteiger partial charge is 0.490 e. The quantitative estimate of drug-likeness (QED) is 0.469. The first-order valence-corrected chi connectivity index (χ1v) is 9.84. The first kappa shape index (κ1) is 18.6. The van der Waals surface area contributed by atoms with Crippen LogP contribution in [0.5, 0.6) is 5.75 Å². The molecular formula is C23H21ClN2O2. The lowest BCUT2D eigenvalue weighted by Crippen LogP contribution is -2.25. The number of ether oxygens (including phenoxy) is 1. The van der Waals surface area contributed by atoms with E-state index in [1.54, 1.807) is 18.2 Å². The highest BCUT2D eigenvalue weighted by Gasteiger charge is 2.26. The number of hydrogen-bond donors (Lipinski definition) is 0. The Morgan fingerprint density at radius 2 is 2.00 bits per heavy atom. The Kier molecular flexibility index (Phi) is 5.11. The summed E-state index contributed by atoms with van der Waals surface area (Å²) in [6.07, 6.45) is 2.37. The smallest absolute Gasteiger partial charge is 0.226 e. The number of aromatic nitrogens is 1.